The number of hydrogen-bond donors (Lipinski definition) is 1. The van der Waals surface area contributed by atoms with Gasteiger partial charge in [0.1, 0.15) is 0 Å². The van der Waals surface area contributed by atoms with E-state index in [1.165, 1.54) is 0 Å². The summed E-state index contributed by atoms with van der Waals surface area (Å²) in [5.41, 5.74) is 6.30. The zero-order valence-electron chi connectivity index (χ0n) is 15.6. The lowest BCUT2D eigenvalue weighted by Gasteiger charge is -2.47. The summed E-state index contributed by atoms with van der Waals surface area (Å²) in [6.07, 6.45) is 1.89. The normalized spacial score (nSPS) is 16.1. The average Bonchev–Trinajstić information content (AvgIpc) is 2.55. The molecule has 0 heterocycles. The fourth-order valence-electron chi connectivity index (χ4n) is 3.20. The molecule has 0 saturated heterocycles. The van der Waals surface area contributed by atoms with Gasteiger partial charge >= 0.3 is 17.1 Å². The smallest absolute Gasteiger partial charge is 0.352 e. The minimum atomic E-state index is -2.33. The van der Waals surface area contributed by atoms with Crippen LogP contribution in [0.4, 0.5) is 0 Å². The van der Waals surface area contributed by atoms with Gasteiger partial charge in [-0.05, 0) is 25.9 Å². The fourth-order valence-corrected chi connectivity index (χ4v) is 8.08. The van der Waals surface area contributed by atoms with Crippen molar-refractivity contribution in [1.82, 2.24) is 4.90 Å². The predicted octanol–water partition coefficient (Wildman–Crippen LogP) is 1.61. The van der Waals surface area contributed by atoms with Gasteiger partial charge in [-0.3, -0.25) is 4.90 Å². The molecule has 0 radical (unpaired) electrons. The van der Waals surface area contributed by atoms with Crippen LogP contribution in [-0.4, -0.2) is 74.9 Å². The molecule has 0 aliphatic carbocycles. The molecular weight excluding hydrogens is 316 g/mol. The molecule has 0 aromatic heterocycles. The zero-order valence-corrected chi connectivity index (χ0v) is 17.6. The Hall–Kier alpha value is 0.194. The quantitative estimate of drug-likeness (QED) is 0.538. The van der Waals surface area contributed by atoms with Crippen LogP contribution in [0.5, 0.6) is 0 Å². The van der Waals surface area contributed by atoms with E-state index in [2.05, 4.69) is 31.8 Å². The third-order valence-corrected chi connectivity index (χ3v) is 11.9. The van der Waals surface area contributed by atoms with Crippen molar-refractivity contribution >= 4 is 17.1 Å². The first kappa shape index (κ1) is 22.2. The third kappa shape index (κ3) is 4.84. The van der Waals surface area contributed by atoms with E-state index in [4.69, 9.17) is 23.4 Å². The van der Waals surface area contributed by atoms with Gasteiger partial charge in [0, 0.05) is 41.5 Å². The lowest BCUT2D eigenvalue weighted by Crippen LogP contribution is -2.67. The van der Waals surface area contributed by atoms with Crippen LogP contribution in [0.3, 0.4) is 0 Å². The summed E-state index contributed by atoms with van der Waals surface area (Å²) < 4.78 is 23.2. The lowest BCUT2D eigenvalue weighted by molar-refractivity contribution is 0.115. The number of rotatable bonds is 12. The van der Waals surface area contributed by atoms with E-state index < -0.39 is 17.1 Å². The van der Waals surface area contributed by atoms with Gasteiger partial charge in [-0.15, -0.1) is 0 Å². The highest BCUT2D eigenvalue weighted by Gasteiger charge is 2.50. The SMILES string of the molecule is CCC(N(CCN)C(CC)[Si](C)(OC)OC)[Si](C)(OC)OC. The summed E-state index contributed by atoms with van der Waals surface area (Å²) in [6.45, 7) is 9.92. The molecule has 2 unspecified atom stereocenters. The second-order valence-electron chi connectivity index (χ2n) is 5.72. The topological polar surface area (TPSA) is 66.2 Å². The van der Waals surface area contributed by atoms with Crippen molar-refractivity contribution in [1.29, 1.82) is 0 Å². The highest BCUT2D eigenvalue weighted by Crippen LogP contribution is 2.27. The number of hydrogen-bond acceptors (Lipinski definition) is 6. The summed E-state index contributed by atoms with van der Waals surface area (Å²) >= 11 is 0. The molecule has 6 nitrogen and oxygen atoms in total. The first-order valence-corrected chi connectivity index (χ1v) is 12.8. The monoisotopic (exact) mass is 352 g/mol. The van der Waals surface area contributed by atoms with Crippen molar-refractivity contribution < 1.29 is 17.7 Å². The summed E-state index contributed by atoms with van der Waals surface area (Å²) in [5.74, 6) is 0. The zero-order chi connectivity index (χ0) is 17.4. The minimum Gasteiger partial charge on any atom is -0.397 e. The van der Waals surface area contributed by atoms with Crippen molar-refractivity contribution in [3.05, 3.63) is 0 Å². The molecule has 0 aliphatic heterocycles. The van der Waals surface area contributed by atoms with Crippen molar-refractivity contribution in [3.63, 3.8) is 0 Å². The number of nitrogens with zero attached hydrogens (tertiary/aromatic N) is 1. The van der Waals surface area contributed by atoms with E-state index in [0.717, 1.165) is 19.4 Å². The maximum Gasteiger partial charge on any atom is 0.352 e. The Morgan fingerprint density at radius 3 is 1.32 bits per heavy atom. The van der Waals surface area contributed by atoms with Crippen molar-refractivity contribution in [3.8, 4) is 0 Å². The van der Waals surface area contributed by atoms with E-state index in [0.29, 0.717) is 6.54 Å². The van der Waals surface area contributed by atoms with Gasteiger partial charge in [0.05, 0.1) is 11.3 Å². The fraction of sp³-hybridized carbons (Fsp3) is 1.00. The van der Waals surface area contributed by atoms with E-state index >= 15 is 0 Å². The Morgan fingerprint density at radius 1 is 0.818 bits per heavy atom. The largest absolute Gasteiger partial charge is 0.397 e. The molecular formula is C14H36N2O4Si2. The summed E-state index contributed by atoms with van der Waals surface area (Å²) in [7, 11) is 2.30. The maximum atomic E-state index is 5.89. The second kappa shape index (κ2) is 10.1. The lowest BCUT2D eigenvalue weighted by atomic mass is 10.3. The second-order valence-corrected chi connectivity index (χ2v) is 12.8. The molecule has 0 spiro atoms. The van der Waals surface area contributed by atoms with Gasteiger partial charge < -0.3 is 23.4 Å². The molecule has 2 N–H and O–H groups in total. The molecule has 8 heteroatoms. The van der Waals surface area contributed by atoms with E-state index in [9.17, 15) is 0 Å². The van der Waals surface area contributed by atoms with Gasteiger partial charge in [-0.2, -0.15) is 0 Å². The molecule has 0 fully saturated rings. The highest BCUT2D eigenvalue weighted by atomic mass is 28.4. The third-order valence-electron chi connectivity index (χ3n) is 4.79. The molecule has 0 rings (SSSR count). The highest BCUT2D eigenvalue weighted by molar-refractivity contribution is 6.69. The molecule has 0 amide bonds. The molecule has 134 valence electrons. The van der Waals surface area contributed by atoms with Gasteiger partial charge in [0.15, 0.2) is 0 Å². The van der Waals surface area contributed by atoms with Crippen LogP contribution in [0.25, 0.3) is 0 Å². The van der Waals surface area contributed by atoms with Crippen LogP contribution in [0.1, 0.15) is 26.7 Å². The first-order valence-electron chi connectivity index (χ1n) is 8.00. The molecule has 2 atom stereocenters. The van der Waals surface area contributed by atoms with Crippen molar-refractivity contribution in [2.75, 3.05) is 41.5 Å². The maximum absolute atomic E-state index is 5.89. The summed E-state index contributed by atoms with van der Waals surface area (Å²) in [4.78, 5) is 2.42. The van der Waals surface area contributed by atoms with Crippen molar-refractivity contribution in [2.45, 2.75) is 51.1 Å². The van der Waals surface area contributed by atoms with Crippen LogP contribution in [0.15, 0.2) is 0 Å². The van der Waals surface area contributed by atoms with Crippen LogP contribution in [0, 0.1) is 0 Å². The van der Waals surface area contributed by atoms with Gasteiger partial charge in [-0.25, -0.2) is 0 Å². The van der Waals surface area contributed by atoms with E-state index in [-0.39, 0.29) is 11.3 Å². The Bertz CT molecular complexity index is 277. The molecule has 0 aliphatic rings. The van der Waals surface area contributed by atoms with Gasteiger partial charge in [-0.1, -0.05) is 13.8 Å². The Balaban J connectivity index is 5.73. The standard InChI is InChI=1S/C14H36N2O4Si2/c1-9-13(21(7,17-3)18-4)16(12-11-15)14(10-2)22(8,19-5)20-6/h13-14H,9-12,15H2,1-8H3. The molecule has 0 saturated carbocycles. The van der Waals surface area contributed by atoms with E-state index in [1.807, 2.05) is 0 Å². The minimum absolute atomic E-state index is 0.202. The van der Waals surface area contributed by atoms with E-state index in [1.54, 1.807) is 28.4 Å². The van der Waals surface area contributed by atoms with Crippen LogP contribution < -0.4 is 5.73 Å². The van der Waals surface area contributed by atoms with Gasteiger partial charge in [0.25, 0.3) is 0 Å². The van der Waals surface area contributed by atoms with Crippen molar-refractivity contribution in [2.24, 2.45) is 5.73 Å². The average molecular weight is 353 g/mol. The molecule has 22 heavy (non-hydrogen) atoms. The summed E-state index contributed by atoms with van der Waals surface area (Å²) in [5, 5.41) is 0. The van der Waals surface area contributed by atoms with Crippen LogP contribution in [-0.2, 0) is 17.7 Å². The first-order chi connectivity index (χ1) is 10.3. The molecule has 0 aromatic rings. The predicted molar refractivity (Wildman–Crippen MR) is 95.2 cm³/mol. The molecule has 0 bridgehead atoms. The van der Waals surface area contributed by atoms with Crippen LogP contribution in [0.2, 0.25) is 13.1 Å². The summed E-state index contributed by atoms with van der Waals surface area (Å²) in [6, 6.07) is 0. The Morgan fingerprint density at radius 2 is 1.14 bits per heavy atom. The molecule has 0 aromatic carbocycles. The van der Waals surface area contributed by atoms with Crippen LogP contribution >= 0.6 is 0 Å². The Labute approximate surface area is 138 Å². The van der Waals surface area contributed by atoms with Gasteiger partial charge in [0.2, 0.25) is 0 Å². The Kier molecular flexibility index (Phi) is 10.2. The number of nitrogens with two attached hydrogens (primary N) is 1.